The molecule has 0 amide bonds. The molecule has 0 aliphatic rings. The number of aromatic nitrogens is 2. The number of alkyl halides is 1. The molecule has 2 rings (SSSR count). The quantitative estimate of drug-likeness (QED) is 0.780. The van der Waals surface area contributed by atoms with Gasteiger partial charge >= 0.3 is 0 Å². The monoisotopic (exact) mass is 339 g/mol. The van der Waals surface area contributed by atoms with Crippen LogP contribution in [0.5, 0.6) is 0 Å². The number of halogens is 2. The summed E-state index contributed by atoms with van der Waals surface area (Å²) in [6, 6.07) is 8.03. The molecule has 0 radical (unpaired) electrons. The van der Waals surface area contributed by atoms with Crippen molar-refractivity contribution in [1.29, 1.82) is 0 Å². The Morgan fingerprint density at radius 3 is 2.32 bits per heavy atom. The maximum Gasteiger partial charge on any atom is 0.225 e. The molecule has 1 atom stereocenters. The average Bonchev–Trinajstić information content (AvgIpc) is 2.46. The Morgan fingerprint density at radius 2 is 1.79 bits per heavy atom. The van der Waals surface area contributed by atoms with Crippen molar-refractivity contribution in [2.45, 2.75) is 18.3 Å². The van der Waals surface area contributed by atoms with Gasteiger partial charge in [0.25, 0.3) is 0 Å². The molecule has 0 aliphatic heterocycles. The summed E-state index contributed by atoms with van der Waals surface area (Å²) in [7, 11) is 1.99. The van der Waals surface area contributed by atoms with Crippen LogP contribution in [0.25, 0.3) is 0 Å². The molecule has 100 valence electrons. The highest BCUT2D eigenvalue weighted by Crippen LogP contribution is 2.23. The lowest BCUT2D eigenvalue weighted by Gasteiger charge is -2.25. The van der Waals surface area contributed by atoms with Crippen LogP contribution in [0.15, 0.2) is 36.7 Å². The summed E-state index contributed by atoms with van der Waals surface area (Å²) in [6.45, 7) is 2.12. The van der Waals surface area contributed by atoms with Crippen molar-refractivity contribution in [3.8, 4) is 0 Å². The van der Waals surface area contributed by atoms with Gasteiger partial charge < -0.3 is 4.90 Å². The van der Waals surface area contributed by atoms with Gasteiger partial charge in [0.15, 0.2) is 0 Å². The van der Waals surface area contributed by atoms with Crippen LogP contribution in [0.1, 0.15) is 24.1 Å². The van der Waals surface area contributed by atoms with Gasteiger partial charge in [-0.25, -0.2) is 9.97 Å². The Hall–Kier alpha value is -1.13. The first-order valence-electron chi connectivity index (χ1n) is 5.97. The summed E-state index contributed by atoms with van der Waals surface area (Å²) in [5.74, 6) is 0.715. The Balaban J connectivity index is 2.17. The fourth-order valence-corrected chi connectivity index (χ4v) is 2.15. The highest BCUT2D eigenvalue weighted by molar-refractivity contribution is 9.08. The number of rotatable bonds is 4. The van der Waals surface area contributed by atoms with Gasteiger partial charge in [-0.1, -0.05) is 39.7 Å². The lowest BCUT2D eigenvalue weighted by atomic mass is 10.1. The maximum absolute atomic E-state index is 5.90. The number of anilines is 1. The minimum Gasteiger partial charge on any atom is -0.337 e. The van der Waals surface area contributed by atoms with E-state index in [1.165, 1.54) is 5.56 Å². The van der Waals surface area contributed by atoms with Gasteiger partial charge in [-0.15, -0.1) is 0 Å². The van der Waals surface area contributed by atoms with E-state index >= 15 is 0 Å². The predicted molar refractivity (Wildman–Crippen MR) is 82.9 cm³/mol. The van der Waals surface area contributed by atoms with Gasteiger partial charge in [-0.2, -0.15) is 0 Å². The van der Waals surface area contributed by atoms with Crippen molar-refractivity contribution in [3.63, 3.8) is 0 Å². The minimum atomic E-state index is 0.187. The molecule has 19 heavy (non-hydrogen) atoms. The predicted octanol–water partition coefficient (Wildman–Crippen LogP) is 4.22. The first-order valence-corrected chi connectivity index (χ1v) is 7.47. The summed E-state index contributed by atoms with van der Waals surface area (Å²) in [5, 5.41) is 1.51. The Bertz CT molecular complexity index is 527. The zero-order valence-electron chi connectivity index (χ0n) is 10.8. The molecule has 0 spiro atoms. The molecule has 0 fully saturated rings. The van der Waals surface area contributed by atoms with Crippen LogP contribution in [-0.2, 0) is 5.33 Å². The molecular weight excluding hydrogens is 326 g/mol. The van der Waals surface area contributed by atoms with Crippen LogP contribution in [0, 0.1) is 0 Å². The van der Waals surface area contributed by atoms with Crippen molar-refractivity contribution < 1.29 is 0 Å². The number of hydrogen-bond acceptors (Lipinski definition) is 3. The SMILES string of the molecule is CC(c1ccc(Cl)cc1)N(C)c1ncc(CBr)cn1. The third-order valence-electron chi connectivity index (χ3n) is 3.09. The van der Waals surface area contributed by atoms with Gasteiger partial charge in [0, 0.05) is 29.8 Å². The van der Waals surface area contributed by atoms with E-state index in [9.17, 15) is 0 Å². The van der Waals surface area contributed by atoms with Gasteiger partial charge in [0.05, 0.1) is 6.04 Å². The van der Waals surface area contributed by atoms with Gasteiger partial charge in [-0.3, -0.25) is 0 Å². The van der Waals surface area contributed by atoms with Crippen LogP contribution in [-0.4, -0.2) is 17.0 Å². The first-order chi connectivity index (χ1) is 9.11. The van der Waals surface area contributed by atoms with E-state index in [0.717, 1.165) is 15.9 Å². The van der Waals surface area contributed by atoms with E-state index in [2.05, 4.69) is 32.8 Å². The van der Waals surface area contributed by atoms with E-state index in [0.29, 0.717) is 5.95 Å². The minimum absolute atomic E-state index is 0.187. The molecule has 1 aromatic carbocycles. The van der Waals surface area contributed by atoms with E-state index in [4.69, 9.17) is 11.6 Å². The molecular formula is C14H15BrClN3. The van der Waals surface area contributed by atoms with Crippen LogP contribution >= 0.6 is 27.5 Å². The number of hydrogen-bond donors (Lipinski definition) is 0. The molecule has 0 aliphatic carbocycles. The Morgan fingerprint density at radius 1 is 1.21 bits per heavy atom. The second kappa shape index (κ2) is 6.35. The fourth-order valence-electron chi connectivity index (χ4n) is 1.74. The smallest absolute Gasteiger partial charge is 0.225 e. The second-order valence-corrected chi connectivity index (χ2v) is 5.36. The zero-order chi connectivity index (χ0) is 13.8. The Kier molecular flexibility index (Phi) is 4.77. The number of nitrogens with zero attached hydrogens (tertiary/aromatic N) is 3. The lowest BCUT2D eigenvalue weighted by Crippen LogP contribution is -2.23. The highest BCUT2D eigenvalue weighted by atomic mass is 79.9. The maximum atomic E-state index is 5.90. The van der Waals surface area contributed by atoms with Crippen molar-refractivity contribution >= 4 is 33.5 Å². The fraction of sp³-hybridized carbons (Fsp3) is 0.286. The van der Waals surface area contributed by atoms with Crippen LogP contribution < -0.4 is 4.90 Å². The Labute approximate surface area is 126 Å². The molecule has 0 saturated carbocycles. The molecule has 0 N–H and O–H groups in total. The standard InChI is InChI=1S/C14H15BrClN3/c1-10(12-3-5-13(16)6-4-12)19(2)14-17-8-11(7-15)9-18-14/h3-6,8-10H,7H2,1-2H3. The first kappa shape index (κ1) is 14.3. The topological polar surface area (TPSA) is 29.0 Å². The molecule has 0 bridgehead atoms. The third kappa shape index (κ3) is 3.45. The summed E-state index contributed by atoms with van der Waals surface area (Å²) >= 11 is 9.29. The van der Waals surface area contributed by atoms with Crippen molar-refractivity contribution in [1.82, 2.24) is 9.97 Å². The van der Waals surface area contributed by atoms with Crippen molar-refractivity contribution in [2.24, 2.45) is 0 Å². The van der Waals surface area contributed by atoms with Gasteiger partial charge in [-0.05, 0) is 30.2 Å². The van der Waals surface area contributed by atoms with Crippen LogP contribution in [0.3, 0.4) is 0 Å². The molecule has 1 unspecified atom stereocenters. The molecule has 1 aromatic heterocycles. The zero-order valence-corrected chi connectivity index (χ0v) is 13.2. The average molecular weight is 341 g/mol. The van der Waals surface area contributed by atoms with Crippen LogP contribution in [0.4, 0.5) is 5.95 Å². The second-order valence-electron chi connectivity index (χ2n) is 4.36. The molecule has 0 saturated heterocycles. The largest absolute Gasteiger partial charge is 0.337 e. The van der Waals surface area contributed by atoms with E-state index in [1.54, 1.807) is 0 Å². The van der Waals surface area contributed by atoms with E-state index < -0.39 is 0 Å². The molecule has 5 heteroatoms. The lowest BCUT2D eigenvalue weighted by molar-refractivity contribution is 0.714. The molecule has 3 nitrogen and oxygen atoms in total. The van der Waals surface area contributed by atoms with Crippen molar-refractivity contribution in [3.05, 3.63) is 52.8 Å². The van der Waals surface area contributed by atoms with E-state index in [-0.39, 0.29) is 6.04 Å². The summed E-state index contributed by atoms with van der Waals surface area (Å²) < 4.78 is 0. The van der Waals surface area contributed by atoms with Gasteiger partial charge in [0.1, 0.15) is 0 Å². The summed E-state index contributed by atoms with van der Waals surface area (Å²) in [5.41, 5.74) is 2.25. The molecule has 2 aromatic rings. The van der Waals surface area contributed by atoms with Crippen LogP contribution in [0.2, 0.25) is 5.02 Å². The summed E-state index contributed by atoms with van der Waals surface area (Å²) in [4.78, 5) is 10.8. The van der Waals surface area contributed by atoms with E-state index in [1.807, 2.05) is 48.6 Å². The summed E-state index contributed by atoms with van der Waals surface area (Å²) in [6.07, 6.45) is 3.67. The highest BCUT2D eigenvalue weighted by Gasteiger charge is 2.14. The molecule has 1 heterocycles. The third-order valence-corrected chi connectivity index (χ3v) is 3.99. The van der Waals surface area contributed by atoms with Gasteiger partial charge in [0.2, 0.25) is 5.95 Å². The van der Waals surface area contributed by atoms with Crippen molar-refractivity contribution in [2.75, 3.05) is 11.9 Å². The number of benzene rings is 1. The normalized spacial score (nSPS) is 12.2.